The molecule has 8 heteroatoms. The number of pyridine rings is 1. The summed E-state index contributed by atoms with van der Waals surface area (Å²) in [5.74, 6) is 0.585. The molecule has 3 aromatic rings. The highest BCUT2D eigenvalue weighted by Gasteiger charge is 2.39. The first-order valence-corrected chi connectivity index (χ1v) is 8.96. The lowest BCUT2D eigenvalue weighted by Gasteiger charge is -2.13. The number of nitrogens with zero attached hydrogens (tertiary/aromatic N) is 3. The highest BCUT2D eigenvalue weighted by atomic mass is 19.1. The fraction of sp³-hybridized carbons (Fsp3) is 0.300. The van der Waals surface area contributed by atoms with E-state index in [2.05, 4.69) is 20.5 Å². The number of methoxy groups -OCH3 is 1. The lowest BCUT2D eigenvalue weighted by atomic mass is 9.99. The number of nitrogen functional groups attached to an aromatic ring is 1. The van der Waals surface area contributed by atoms with E-state index < -0.39 is 5.82 Å². The van der Waals surface area contributed by atoms with E-state index in [9.17, 15) is 9.18 Å². The summed E-state index contributed by atoms with van der Waals surface area (Å²) in [7, 11) is 1.53. The average Bonchev–Trinajstić information content (AvgIpc) is 3.42. The normalized spacial score (nSPS) is 18.1. The number of nitrogens with two attached hydrogens (primary N) is 1. The Hall–Kier alpha value is -3.29. The maximum Gasteiger partial charge on any atom is 0.228 e. The van der Waals surface area contributed by atoms with Crippen molar-refractivity contribution in [3.8, 4) is 16.9 Å². The number of hydrogen-bond acceptors (Lipinski definition) is 6. The van der Waals surface area contributed by atoms with Crippen molar-refractivity contribution in [2.45, 2.75) is 20.3 Å². The summed E-state index contributed by atoms with van der Waals surface area (Å²) in [5.41, 5.74) is 7.73. The van der Waals surface area contributed by atoms with Crippen LogP contribution in [0.1, 0.15) is 18.9 Å². The number of nitrogens with one attached hydrogen (secondary N) is 1. The van der Waals surface area contributed by atoms with E-state index in [0.717, 1.165) is 12.0 Å². The number of rotatable bonds is 4. The largest absolute Gasteiger partial charge is 0.495 e. The predicted octanol–water partition coefficient (Wildman–Crippen LogP) is 3.32. The van der Waals surface area contributed by atoms with Crippen LogP contribution in [0.4, 0.5) is 15.9 Å². The summed E-state index contributed by atoms with van der Waals surface area (Å²) in [6.07, 6.45) is 4.00. The van der Waals surface area contributed by atoms with Crippen LogP contribution < -0.4 is 15.8 Å². The summed E-state index contributed by atoms with van der Waals surface area (Å²) in [5, 5.41) is 11.3. The minimum absolute atomic E-state index is 0.0110. The molecule has 3 N–H and O–H groups in total. The van der Waals surface area contributed by atoms with E-state index in [-0.39, 0.29) is 28.6 Å². The first kappa shape index (κ1) is 18.1. The monoisotopic (exact) mass is 381 g/mol. The van der Waals surface area contributed by atoms with Crippen molar-refractivity contribution in [2.24, 2.45) is 11.8 Å². The molecule has 0 saturated heterocycles. The standard InChI is InChI=1S/C20H20FN5O2/c1-9-4-12(9)20(27)24-16-6-11-5-13(17(21)18(22)19(11)26-25-16)14-7-23-8-15(28-3)10(14)2/h5-9,12H,4,22H2,1-3H3,(H,24,25,27)/t9-,12-/m1/s1. The minimum Gasteiger partial charge on any atom is -0.495 e. The lowest BCUT2D eigenvalue weighted by Crippen LogP contribution is -2.15. The van der Waals surface area contributed by atoms with E-state index >= 15 is 0 Å². The molecule has 1 aromatic carbocycles. The Balaban J connectivity index is 1.80. The Bertz CT molecular complexity index is 1100. The van der Waals surface area contributed by atoms with Gasteiger partial charge >= 0.3 is 0 Å². The van der Waals surface area contributed by atoms with Gasteiger partial charge in [-0.15, -0.1) is 10.2 Å². The van der Waals surface area contributed by atoms with Gasteiger partial charge in [0.2, 0.25) is 5.91 Å². The van der Waals surface area contributed by atoms with Crippen LogP contribution in [-0.4, -0.2) is 28.2 Å². The van der Waals surface area contributed by atoms with Gasteiger partial charge in [-0.1, -0.05) is 6.92 Å². The van der Waals surface area contributed by atoms with Crippen molar-refractivity contribution in [1.29, 1.82) is 0 Å². The van der Waals surface area contributed by atoms with Crippen LogP contribution in [0, 0.1) is 24.6 Å². The second-order valence-corrected chi connectivity index (χ2v) is 7.14. The SMILES string of the molecule is COc1cncc(-c2cc3cc(NC(=O)[C@@H]4C[C@H]4C)nnc3c(N)c2F)c1C. The van der Waals surface area contributed by atoms with E-state index in [0.29, 0.717) is 28.4 Å². The Kier molecular flexibility index (Phi) is 4.33. The van der Waals surface area contributed by atoms with Gasteiger partial charge in [0.15, 0.2) is 11.6 Å². The molecule has 7 nitrogen and oxygen atoms in total. The molecular weight excluding hydrogens is 361 g/mol. The number of halogens is 1. The molecule has 4 rings (SSSR count). The van der Waals surface area contributed by atoms with Crippen LogP contribution in [0.15, 0.2) is 24.5 Å². The topological polar surface area (TPSA) is 103 Å². The molecule has 1 aliphatic rings. The van der Waals surface area contributed by atoms with Gasteiger partial charge in [0.1, 0.15) is 11.3 Å². The third-order valence-electron chi connectivity index (χ3n) is 5.23. The molecule has 0 unspecified atom stereocenters. The van der Waals surface area contributed by atoms with Crippen molar-refractivity contribution in [2.75, 3.05) is 18.2 Å². The summed E-state index contributed by atoms with van der Waals surface area (Å²) in [6, 6.07) is 3.28. The molecule has 1 amide bonds. The van der Waals surface area contributed by atoms with E-state index in [1.54, 1.807) is 24.5 Å². The van der Waals surface area contributed by atoms with Crippen molar-refractivity contribution in [3.63, 3.8) is 0 Å². The lowest BCUT2D eigenvalue weighted by molar-refractivity contribution is -0.117. The summed E-state index contributed by atoms with van der Waals surface area (Å²) in [6.45, 7) is 3.85. The molecule has 0 spiro atoms. The zero-order valence-corrected chi connectivity index (χ0v) is 15.8. The van der Waals surface area contributed by atoms with Gasteiger partial charge in [-0.05, 0) is 31.4 Å². The van der Waals surface area contributed by atoms with Gasteiger partial charge < -0.3 is 15.8 Å². The molecule has 28 heavy (non-hydrogen) atoms. The maximum absolute atomic E-state index is 15.0. The molecule has 1 fully saturated rings. The maximum atomic E-state index is 15.0. The number of fused-ring (bicyclic) bond motifs is 1. The smallest absolute Gasteiger partial charge is 0.228 e. The fourth-order valence-corrected chi connectivity index (χ4v) is 3.34. The number of carbonyl (C=O) groups excluding carboxylic acids is 1. The third kappa shape index (κ3) is 3.00. The number of hydrogen-bond donors (Lipinski definition) is 2. The number of benzene rings is 1. The van der Waals surface area contributed by atoms with E-state index in [1.165, 1.54) is 7.11 Å². The van der Waals surface area contributed by atoms with Crippen LogP contribution in [-0.2, 0) is 4.79 Å². The number of aromatic nitrogens is 3. The van der Waals surface area contributed by atoms with E-state index in [1.807, 2.05) is 13.8 Å². The zero-order chi connectivity index (χ0) is 20.0. The molecule has 2 heterocycles. The first-order valence-electron chi connectivity index (χ1n) is 8.96. The molecule has 1 aliphatic carbocycles. The first-order chi connectivity index (χ1) is 13.4. The number of ether oxygens (including phenoxy) is 1. The molecule has 0 aliphatic heterocycles. The quantitative estimate of drug-likeness (QED) is 0.672. The van der Waals surface area contributed by atoms with Gasteiger partial charge in [0.05, 0.1) is 19.0 Å². The van der Waals surface area contributed by atoms with Crippen LogP contribution >= 0.6 is 0 Å². The van der Waals surface area contributed by atoms with Crippen LogP contribution in [0.25, 0.3) is 22.0 Å². The molecule has 1 saturated carbocycles. The number of amides is 1. The molecule has 2 aromatic heterocycles. The minimum atomic E-state index is -0.594. The van der Waals surface area contributed by atoms with Crippen LogP contribution in [0.3, 0.4) is 0 Å². The van der Waals surface area contributed by atoms with Crippen LogP contribution in [0.5, 0.6) is 5.75 Å². The molecule has 144 valence electrons. The number of carbonyl (C=O) groups is 1. The van der Waals surface area contributed by atoms with Crippen LogP contribution in [0.2, 0.25) is 0 Å². The second kappa shape index (κ2) is 6.70. The fourth-order valence-electron chi connectivity index (χ4n) is 3.34. The second-order valence-electron chi connectivity index (χ2n) is 7.14. The van der Waals surface area contributed by atoms with Gasteiger partial charge in [-0.25, -0.2) is 4.39 Å². The molecule has 2 atom stereocenters. The molecular formula is C20H20FN5O2. The number of anilines is 2. The van der Waals surface area contributed by atoms with Gasteiger partial charge in [0.25, 0.3) is 0 Å². The Morgan fingerprint density at radius 3 is 2.71 bits per heavy atom. The van der Waals surface area contributed by atoms with Crippen molar-refractivity contribution in [3.05, 3.63) is 35.9 Å². The van der Waals surface area contributed by atoms with Crippen molar-refractivity contribution in [1.82, 2.24) is 15.2 Å². The summed E-state index contributed by atoms with van der Waals surface area (Å²) >= 11 is 0. The van der Waals surface area contributed by atoms with Gasteiger partial charge in [-0.3, -0.25) is 9.78 Å². The Morgan fingerprint density at radius 2 is 2.04 bits per heavy atom. The Labute approximate surface area is 161 Å². The predicted molar refractivity (Wildman–Crippen MR) is 104 cm³/mol. The highest BCUT2D eigenvalue weighted by Crippen LogP contribution is 2.39. The van der Waals surface area contributed by atoms with Crippen molar-refractivity contribution >= 4 is 28.3 Å². The molecule has 0 radical (unpaired) electrons. The zero-order valence-electron chi connectivity index (χ0n) is 15.8. The Morgan fingerprint density at radius 1 is 1.29 bits per heavy atom. The highest BCUT2D eigenvalue weighted by molar-refractivity contribution is 5.98. The van der Waals surface area contributed by atoms with E-state index in [4.69, 9.17) is 10.5 Å². The molecule has 0 bridgehead atoms. The average molecular weight is 381 g/mol. The third-order valence-corrected chi connectivity index (χ3v) is 5.23. The van der Waals surface area contributed by atoms with Crippen molar-refractivity contribution < 1.29 is 13.9 Å². The van der Waals surface area contributed by atoms with Gasteiger partial charge in [0, 0.05) is 34.2 Å². The summed E-state index contributed by atoms with van der Waals surface area (Å²) in [4.78, 5) is 16.3. The summed E-state index contributed by atoms with van der Waals surface area (Å²) < 4.78 is 20.2. The van der Waals surface area contributed by atoms with Gasteiger partial charge in [-0.2, -0.15) is 0 Å².